The van der Waals surface area contributed by atoms with Crippen molar-refractivity contribution in [1.29, 1.82) is 0 Å². The van der Waals surface area contributed by atoms with Crippen LogP contribution in [0.1, 0.15) is 109 Å². The summed E-state index contributed by atoms with van der Waals surface area (Å²) in [5, 5.41) is 0. The van der Waals surface area contributed by atoms with E-state index in [4.69, 9.17) is 9.47 Å². The monoisotopic (exact) mass is 656 g/mol. The van der Waals surface area contributed by atoms with E-state index >= 15 is 0 Å². The van der Waals surface area contributed by atoms with Gasteiger partial charge in [0.05, 0.1) is 12.2 Å². The fourth-order valence-corrected chi connectivity index (χ4v) is 7.55. The van der Waals surface area contributed by atoms with Crippen molar-refractivity contribution < 1.29 is 19.1 Å². The van der Waals surface area contributed by atoms with Crippen LogP contribution < -0.4 is 0 Å². The molecule has 48 heavy (non-hydrogen) atoms. The standard InChI is InChI=1S/C44H64O4/c1-29(21-17-23-31(3)39(47-13)25-37-35(7)41(45)33(5)27-43(37,9)10)19-15-16-20-30(2)22-18-24-32(4)40(48-14)26-38-36(8)42(46)34(6)28-44(38,11)12/h15-24,33-34,39-40H,25-28H2,1-14H3/b16-15+,21-17+,22-18+,29-19+,30-20+,31-23+,32-24+. The average molecular weight is 657 g/mol. The lowest BCUT2D eigenvalue weighted by Gasteiger charge is -2.38. The number of methoxy groups -OCH3 is 2. The normalized spacial score (nSPS) is 24.5. The summed E-state index contributed by atoms with van der Waals surface area (Å²) in [5.41, 5.74) is 8.82. The first-order chi connectivity index (χ1) is 22.4. The van der Waals surface area contributed by atoms with Crippen LogP contribution in [0.25, 0.3) is 0 Å². The lowest BCUT2D eigenvalue weighted by atomic mass is 9.66. The van der Waals surface area contributed by atoms with Gasteiger partial charge in [-0.05, 0) is 100 Å². The van der Waals surface area contributed by atoms with Gasteiger partial charge in [-0.3, -0.25) is 9.59 Å². The Balaban J connectivity index is 2.01. The molecule has 0 bridgehead atoms. The first kappa shape index (κ1) is 41.1. The molecule has 0 heterocycles. The summed E-state index contributed by atoms with van der Waals surface area (Å²) in [6.45, 7) is 25.4. The Labute approximate surface area is 293 Å². The van der Waals surface area contributed by atoms with Gasteiger partial charge in [0.15, 0.2) is 11.6 Å². The Hall–Kier alpha value is -3.08. The zero-order valence-electron chi connectivity index (χ0n) is 32.5. The van der Waals surface area contributed by atoms with Crippen LogP contribution in [0.15, 0.2) is 105 Å². The smallest absolute Gasteiger partial charge is 0.161 e. The van der Waals surface area contributed by atoms with Crippen molar-refractivity contribution in [3.63, 3.8) is 0 Å². The molecule has 264 valence electrons. The van der Waals surface area contributed by atoms with Crippen LogP contribution in [0, 0.1) is 22.7 Å². The molecular weight excluding hydrogens is 592 g/mol. The van der Waals surface area contributed by atoms with Crippen LogP contribution in [-0.4, -0.2) is 38.0 Å². The van der Waals surface area contributed by atoms with Crippen molar-refractivity contribution in [2.75, 3.05) is 14.2 Å². The SMILES string of the molecule is COC(CC1=C(C)C(=O)C(C)CC1(C)C)/C(C)=C/C=C/C(C)=C/C=C/C=C(C)/C=C/C=C(\C)C(CC1=C(C)C(=O)C(C)CC1(C)C)OC. The van der Waals surface area contributed by atoms with E-state index in [2.05, 4.69) is 116 Å². The van der Waals surface area contributed by atoms with Crippen LogP contribution in [0.5, 0.6) is 0 Å². The van der Waals surface area contributed by atoms with Crippen LogP contribution in [0.2, 0.25) is 0 Å². The molecule has 4 nitrogen and oxygen atoms in total. The molecule has 0 spiro atoms. The number of Topliss-reactive ketones (excluding diaryl/α,β-unsaturated/α-hetero) is 2. The van der Waals surface area contributed by atoms with Gasteiger partial charge >= 0.3 is 0 Å². The molecule has 0 saturated carbocycles. The van der Waals surface area contributed by atoms with Crippen molar-refractivity contribution in [1.82, 2.24) is 0 Å². The molecular formula is C44H64O4. The van der Waals surface area contributed by atoms with Crippen LogP contribution in [0.4, 0.5) is 0 Å². The first-order valence-electron chi connectivity index (χ1n) is 17.6. The minimum Gasteiger partial charge on any atom is -0.377 e. The largest absolute Gasteiger partial charge is 0.377 e. The molecule has 0 radical (unpaired) electrons. The van der Waals surface area contributed by atoms with Gasteiger partial charge in [0.1, 0.15) is 0 Å². The van der Waals surface area contributed by atoms with Crippen molar-refractivity contribution in [3.05, 3.63) is 105 Å². The highest BCUT2D eigenvalue weighted by atomic mass is 16.5. The fourth-order valence-electron chi connectivity index (χ4n) is 7.55. The lowest BCUT2D eigenvalue weighted by molar-refractivity contribution is -0.121. The summed E-state index contributed by atoms with van der Waals surface area (Å²) in [7, 11) is 3.50. The maximum Gasteiger partial charge on any atom is 0.161 e. The molecule has 0 aromatic rings. The van der Waals surface area contributed by atoms with Gasteiger partial charge in [0, 0.05) is 26.1 Å². The Morgan fingerprint density at radius 3 is 1.29 bits per heavy atom. The van der Waals surface area contributed by atoms with E-state index in [0.717, 1.165) is 59.1 Å². The molecule has 2 aliphatic carbocycles. The van der Waals surface area contributed by atoms with E-state index in [9.17, 15) is 9.59 Å². The Bertz CT molecular complexity index is 1350. The lowest BCUT2D eigenvalue weighted by Crippen LogP contribution is -2.33. The van der Waals surface area contributed by atoms with Gasteiger partial charge in [-0.1, -0.05) is 125 Å². The molecule has 2 aliphatic rings. The highest BCUT2D eigenvalue weighted by Gasteiger charge is 2.38. The summed E-state index contributed by atoms with van der Waals surface area (Å²) in [5.74, 6) is 0.707. The number of allylic oxidation sites excluding steroid dienone is 14. The van der Waals surface area contributed by atoms with Gasteiger partial charge in [0.25, 0.3) is 0 Å². The van der Waals surface area contributed by atoms with E-state index in [1.54, 1.807) is 14.2 Å². The Kier molecular flexibility index (Phi) is 15.5. The number of hydrogen-bond acceptors (Lipinski definition) is 4. The van der Waals surface area contributed by atoms with E-state index in [1.165, 1.54) is 11.1 Å². The predicted octanol–water partition coefficient (Wildman–Crippen LogP) is 11.2. The molecule has 2 rings (SSSR count). The summed E-state index contributed by atoms with van der Waals surface area (Å²) in [4.78, 5) is 25.4. The third kappa shape index (κ3) is 11.2. The quantitative estimate of drug-likeness (QED) is 0.175. The topological polar surface area (TPSA) is 52.6 Å². The number of hydrogen-bond donors (Lipinski definition) is 0. The van der Waals surface area contributed by atoms with Gasteiger partial charge in [-0.25, -0.2) is 0 Å². The maximum atomic E-state index is 12.7. The van der Waals surface area contributed by atoms with Gasteiger partial charge < -0.3 is 9.47 Å². The number of carbonyl (C=O) groups is 2. The summed E-state index contributed by atoms with van der Waals surface area (Å²) in [6, 6.07) is 0. The average Bonchev–Trinajstić information content (AvgIpc) is 3.00. The zero-order valence-corrected chi connectivity index (χ0v) is 32.5. The molecule has 0 aromatic carbocycles. The van der Waals surface area contributed by atoms with Gasteiger partial charge in [0.2, 0.25) is 0 Å². The molecule has 4 atom stereocenters. The third-order valence-electron chi connectivity index (χ3n) is 10.4. The molecule has 4 unspecified atom stereocenters. The highest BCUT2D eigenvalue weighted by molar-refractivity contribution is 5.99. The van der Waals surface area contributed by atoms with Gasteiger partial charge in [-0.15, -0.1) is 0 Å². The first-order valence-corrected chi connectivity index (χ1v) is 17.6. The van der Waals surface area contributed by atoms with Gasteiger partial charge in [-0.2, -0.15) is 0 Å². The van der Waals surface area contributed by atoms with E-state index in [1.807, 2.05) is 27.7 Å². The fraction of sp³-hybridized carbons (Fsp3) is 0.545. The minimum absolute atomic E-state index is 0.00669. The highest BCUT2D eigenvalue weighted by Crippen LogP contribution is 2.45. The van der Waals surface area contributed by atoms with E-state index < -0.39 is 0 Å². The van der Waals surface area contributed by atoms with Crippen molar-refractivity contribution >= 4 is 11.6 Å². The number of rotatable bonds is 14. The molecule has 0 N–H and O–H groups in total. The van der Waals surface area contributed by atoms with Crippen molar-refractivity contribution in [2.24, 2.45) is 22.7 Å². The number of carbonyl (C=O) groups excluding carboxylic acids is 2. The zero-order chi connectivity index (χ0) is 36.4. The summed E-state index contributed by atoms with van der Waals surface area (Å²) >= 11 is 0. The van der Waals surface area contributed by atoms with Crippen molar-refractivity contribution in [3.8, 4) is 0 Å². The van der Waals surface area contributed by atoms with Crippen LogP contribution >= 0.6 is 0 Å². The molecule has 0 aromatic heterocycles. The Morgan fingerprint density at radius 2 is 0.979 bits per heavy atom. The second-order valence-corrected chi connectivity index (χ2v) is 15.5. The third-order valence-corrected chi connectivity index (χ3v) is 10.4. The second kappa shape index (κ2) is 18.1. The summed E-state index contributed by atoms with van der Waals surface area (Å²) in [6.07, 6.45) is 23.9. The molecule has 0 saturated heterocycles. The Morgan fingerprint density at radius 1 is 0.646 bits per heavy atom. The minimum atomic E-state index is -0.0651. The maximum absolute atomic E-state index is 12.7. The number of ketones is 2. The van der Waals surface area contributed by atoms with E-state index in [0.29, 0.717) is 0 Å². The second-order valence-electron chi connectivity index (χ2n) is 15.5. The number of ether oxygens (including phenoxy) is 2. The molecule has 0 fully saturated rings. The molecule has 0 aliphatic heterocycles. The van der Waals surface area contributed by atoms with Crippen LogP contribution in [-0.2, 0) is 19.1 Å². The van der Waals surface area contributed by atoms with Crippen LogP contribution in [0.3, 0.4) is 0 Å². The van der Waals surface area contributed by atoms with Crippen molar-refractivity contribution in [2.45, 2.75) is 121 Å². The molecule has 0 amide bonds. The predicted molar refractivity (Wildman–Crippen MR) is 204 cm³/mol. The molecule has 4 heteroatoms. The van der Waals surface area contributed by atoms with E-state index in [-0.39, 0.29) is 46.4 Å². The summed E-state index contributed by atoms with van der Waals surface area (Å²) < 4.78 is 11.8.